The largest absolute Gasteiger partial charge is 0.330 e. The van der Waals surface area contributed by atoms with Gasteiger partial charge >= 0.3 is 0 Å². The van der Waals surface area contributed by atoms with Crippen LogP contribution in [0.4, 0.5) is 0 Å². The molecule has 0 bridgehead atoms. The Hall–Kier alpha value is -2.58. The Morgan fingerprint density at radius 2 is 1.93 bits per heavy atom. The van der Waals surface area contributed by atoms with Gasteiger partial charge in [0.05, 0.1) is 11.1 Å². The number of nitrogens with zero attached hydrogens (tertiary/aromatic N) is 2. The van der Waals surface area contributed by atoms with Gasteiger partial charge in [0.25, 0.3) is 11.8 Å². The minimum absolute atomic E-state index is 0.113. The van der Waals surface area contributed by atoms with Crippen molar-refractivity contribution in [2.45, 2.75) is 38.8 Å². The zero-order valence-corrected chi connectivity index (χ0v) is 15.4. The molecule has 2 aliphatic heterocycles. The number of carbonyl (C=O) groups excluding carboxylic acids is 4. The average Bonchev–Trinajstić information content (AvgIpc) is 2.89. The van der Waals surface area contributed by atoms with Crippen LogP contribution < -0.4 is 11.1 Å². The van der Waals surface area contributed by atoms with Gasteiger partial charge in [0, 0.05) is 13.0 Å². The standard InChI is InChI=1S/C19H24N4O4/c1-2-22(9-3-8-20)11-12-4-5-13-14(10-12)19(27)23(18(13)26)15-6-7-16(24)21-17(15)25/h4-5,10,15H,2-3,6-9,11,20H2,1H3,(H,21,24,25). The van der Waals surface area contributed by atoms with Gasteiger partial charge in [-0.25, -0.2) is 0 Å². The molecular formula is C19H24N4O4. The fraction of sp³-hybridized carbons (Fsp3) is 0.474. The molecule has 2 heterocycles. The molecule has 0 spiro atoms. The maximum absolute atomic E-state index is 12.8. The highest BCUT2D eigenvalue weighted by Gasteiger charge is 2.44. The summed E-state index contributed by atoms with van der Waals surface area (Å²) < 4.78 is 0. The van der Waals surface area contributed by atoms with E-state index in [1.807, 2.05) is 6.07 Å². The molecule has 0 aromatic heterocycles. The van der Waals surface area contributed by atoms with E-state index in [0.717, 1.165) is 30.0 Å². The fourth-order valence-electron chi connectivity index (χ4n) is 3.54. The lowest BCUT2D eigenvalue weighted by Gasteiger charge is -2.27. The van der Waals surface area contributed by atoms with Crippen LogP contribution in [0.15, 0.2) is 18.2 Å². The lowest BCUT2D eigenvalue weighted by molar-refractivity contribution is -0.136. The quantitative estimate of drug-likeness (QED) is 0.664. The summed E-state index contributed by atoms with van der Waals surface area (Å²) in [5, 5.41) is 2.20. The molecule has 1 atom stereocenters. The summed E-state index contributed by atoms with van der Waals surface area (Å²) in [5.41, 5.74) is 7.12. The van der Waals surface area contributed by atoms with Crippen LogP contribution in [0.3, 0.4) is 0 Å². The molecule has 27 heavy (non-hydrogen) atoms. The molecule has 0 saturated carbocycles. The smallest absolute Gasteiger partial charge is 0.262 e. The number of carbonyl (C=O) groups is 4. The van der Waals surface area contributed by atoms with Gasteiger partial charge in [-0.3, -0.25) is 34.3 Å². The van der Waals surface area contributed by atoms with Crippen molar-refractivity contribution >= 4 is 23.6 Å². The van der Waals surface area contributed by atoms with Crippen molar-refractivity contribution in [2.24, 2.45) is 5.73 Å². The van der Waals surface area contributed by atoms with E-state index in [4.69, 9.17) is 5.73 Å². The van der Waals surface area contributed by atoms with Crippen LogP contribution in [0, 0.1) is 0 Å². The molecule has 8 nitrogen and oxygen atoms in total. The van der Waals surface area contributed by atoms with Crippen molar-refractivity contribution in [3.63, 3.8) is 0 Å². The maximum Gasteiger partial charge on any atom is 0.262 e. The second-order valence-electron chi connectivity index (χ2n) is 6.84. The molecule has 2 aliphatic rings. The second-order valence-corrected chi connectivity index (χ2v) is 6.84. The van der Waals surface area contributed by atoms with Gasteiger partial charge < -0.3 is 5.73 Å². The molecule has 1 saturated heterocycles. The summed E-state index contributed by atoms with van der Waals surface area (Å²) >= 11 is 0. The van der Waals surface area contributed by atoms with Crippen molar-refractivity contribution in [3.8, 4) is 0 Å². The number of imide groups is 2. The summed E-state index contributed by atoms with van der Waals surface area (Å²) in [7, 11) is 0. The predicted octanol–water partition coefficient (Wildman–Crippen LogP) is 0.259. The lowest BCUT2D eigenvalue weighted by atomic mass is 10.0. The topological polar surface area (TPSA) is 113 Å². The highest BCUT2D eigenvalue weighted by Crippen LogP contribution is 2.28. The van der Waals surface area contributed by atoms with Crippen LogP contribution in [0.1, 0.15) is 52.5 Å². The number of nitrogens with one attached hydrogen (secondary N) is 1. The van der Waals surface area contributed by atoms with E-state index in [9.17, 15) is 19.2 Å². The van der Waals surface area contributed by atoms with Crippen LogP contribution in [-0.4, -0.2) is 59.1 Å². The van der Waals surface area contributed by atoms with Gasteiger partial charge in [0.15, 0.2) is 0 Å². The van der Waals surface area contributed by atoms with E-state index in [1.54, 1.807) is 12.1 Å². The van der Waals surface area contributed by atoms with E-state index in [1.165, 1.54) is 0 Å². The van der Waals surface area contributed by atoms with Gasteiger partial charge in [-0.15, -0.1) is 0 Å². The van der Waals surface area contributed by atoms with Crippen molar-refractivity contribution in [3.05, 3.63) is 34.9 Å². The number of hydrogen-bond acceptors (Lipinski definition) is 6. The Labute approximate surface area is 157 Å². The molecule has 0 radical (unpaired) electrons. The highest BCUT2D eigenvalue weighted by atomic mass is 16.2. The Kier molecular flexibility index (Phi) is 5.67. The first kappa shape index (κ1) is 19.2. The van der Waals surface area contributed by atoms with E-state index in [2.05, 4.69) is 17.1 Å². The summed E-state index contributed by atoms with van der Waals surface area (Å²) in [6.45, 7) is 5.05. The molecule has 1 unspecified atom stereocenters. The number of fused-ring (bicyclic) bond motifs is 1. The third-order valence-corrected chi connectivity index (χ3v) is 5.04. The fourth-order valence-corrected chi connectivity index (χ4v) is 3.54. The number of amides is 4. The SMILES string of the molecule is CCN(CCCN)Cc1ccc2c(c1)C(=O)N(C1CCC(=O)NC1=O)C2=O. The van der Waals surface area contributed by atoms with Gasteiger partial charge in [-0.05, 0) is 50.2 Å². The normalized spacial score (nSPS) is 19.7. The summed E-state index contributed by atoms with van der Waals surface area (Å²) in [6, 6.07) is 4.28. The van der Waals surface area contributed by atoms with Gasteiger partial charge in [0.2, 0.25) is 11.8 Å². The number of nitrogens with two attached hydrogens (primary N) is 1. The number of piperidine rings is 1. The highest BCUT2D eigenvalue weighted by molar-refractivity contribution is 6.23. The summed E-state index contributed by atoms with van der Waals surface area (Å²) in [4.78, 5) is 52.1. The second kappa shape index (κ2) is 7.98. The van der Waals surface area contributed by atoms with Crippen molar-refractivity contribution in [1.82, 2.24) is 15.1 Å². The van der Waals surface area contributed by atoms with E-state index in [-0.39, 0.29) is 18.7 Å². The minimum Gasteiger partial charge on any atom is -0.330 e. The first-order chi connectivity index (χ1) is 13.0. The Balaban J connectivity index is 1.80. The van der Waals surface area contributed by atoms with E-state index in [0.29, 0.717) is 24.2 Å². The molecule has 3 rings (SSSR count). The van der Waals surface area contributed by atoms with E-state index < -0.39 is 23.8 Å². The molecular weight excluding hydrogens is 348 g/mol. The van der Waals surface area contributed by atoms with Gasteiger partial charge in [0.1, 0.15) is 6.04 Å². The first-order valence-corrected chi connectivity index (χ1v) is 9.23. The predicted molar refractivity (Wildman–Crippen MR) is 97.7 cm³/mol. The van der Waals surface area contributed by atoms with Gasteiger partial charge in [-0.2, -0.15) is 0 Å². The van der Waals surface area contributed by atoms with Crippen LogP contribution in [-0.2, 0) is 16.1 Å². The van der Waals surface area contributed by atoms with E-state index >= 15 is 0 Å². The van der Waals surface area contributed by atoms with Crippen LogP contribution in [0.25, 0.3) is 0 Å². The zero-order valence-electron chi connectivity index (χ0n) is 15.4. The molecule has 144 valence electrons. The van der Waals surface area contributed by atoms with Gasteiger partial charge in [-0.1, -0.05) is 13.0 Å². The summed E-state index contributed by atoms with van der Waals surface area (Å²) in [6.07, 6.45) is 1.16. The maximum atomic E-state index is 12.8. The average molecular weight is 372 g/mol. The molecule has 1 aromatic carbocycles. The number of hydrogen-bond donors (Lipinski definition) is 2. The van der Waals surface area contributed by atoms with Crippen LogP contribution >= 0.6 is 0 Å². The molecule has 3 N–H and O–H groups in total. The summed E-state index contributed by atoms with van der Waals surface area (Å²) in [5.74, 6) is -1.94. The minimum atomic E-state index is -0.935. The Morgan fingerprint density at radius 1 is 1.19 bits per heavy atom. The first-order valence-electron chi connectivity index (χ1n) is 9.23. The third kappa shape index (κ3) is 3.77. The molecule has 4 amide bonds. The van der Waals surface area contributed by atoms with Crippen LogP contribution in [0.5, 0.6) is 0 Å². The molecule has 1 fully saturated rings. The Bertz CT molecular complexity index is 792. The monoisotopic (exact) mass is 372 g/mol. The third-order valence-electron chi connectivity index (χ3n) is 5.04. The number of rotatable bonds is 7. The Morgan fingerprint density at radius 3 is 2.59 bits per heavy atom. The van der Waals surface area contributed by atoms with Crippen LogP contribution in [0.2, 0.25) is 0 Å². The van der Waals surface area contributed by atoms with Crippen molar-refractivity contribution in [1.29, 1.82) is 0 Å². The number of benzene rings is 1. The zero-order chi connectivity index (χ0) is 19.6. The molecule has 0 aliphatic carbocycles. The molecule has 1 aromatic rings. The van der Waals surface area contributed by atoms with Crippen molar-refractivity contribution < 1.29 is 19.2 Å². The lowest BCUT2D eigenvalue weighted by Crippen LogP contribution is -2.54. The van der Waals surface area contributed by atoms with Crippen molar-refractivity contribution in [2.75, 3.05) is 19.6 Å². The molecule has 8 heteroatoms.